The number of likely N-dealkylation sites (N-methyl/N-ethyl adjacent to an activating group) is 1. The topological polar surface area (TPSA) is 20.3 Å². The summed E-state index contributed by atoms with van der Waals surface area (Å²) < 4.78 is 0. The summed E-state index contributed by atoms with van der Waals surface area (Å²) in [5.74, 6) is 1.96. The Kier molecular flexibility index (Phi) is 3.93. The molecule has 108 valence electrons. The first-order chi connectivity index (χ1) is 9.65. The maximum absolute atomic E-state index is 12.3. The molecule has 4 atom stereocenters. The smallest absolute Gasteiger partial charge is 0.140 e. The summed E-state index contributed by atoms with van der Waals surface area (Å²) in [7, 11) is 2.17. The summed E-state index contributed by atoms with van der Waals surface area (Å²) in [6, 6.07) is 11.1. The first-order valence-electron chi connectivity index (χ1n) is 7.93. The highest BCUT2D eigenvalue weighted by molar-refractivity contribution is 5.87. The number of benzene rings is 1. The summed E-state index contributed by atoms with van der Waals surface area (Å²) in [5.41, 5.74) is 1.38. The van der Waals surface area contributed by atoms with E-state index in [1.165, 1.54) is 18.4 Å². The molecule has 2 heteroatoms. The Morgan fingerprint density at radius 3 is 2.65 bits per heavy atom. The number of carbonyl (C=O) groups is 1. The summed E-state index contributed by atoms with van der Waals surface area (Å²) in [5, 5.41) is 0. The van der Waals surface area contributed by atoms with Crippen LogP contribution in [0.25, 0.3) is 0 Å². The fourth-order valence-corrected chi connectivity index (χ4v) is 4.02. The predicted octanol–water partition coefficient (Wildman–Crippen LogP) is 3.16. The average Bonchev–Trinajstić information content (AvgIpc) is 3.03. The molecule has 2 nitrogen and oxygen atoms in total. The van der Waals surface area contributed by atoms with Crippen LogP contribution >= 0.6 is 0 Å². The first-order valence-corrected chi connectivity index (χ1v) is 7.93. The normalized spacial score (nSPS) is 30.1. The number of carbonyl (C=O) groups excluding carboxylic acids is 1. The van der Waals surface area contributed by atoms with E-state index < -0.39 is 0 Å². The van der Waals surface area contributed by atoms with Crippen molar-refractivity contribution in [3.05, 3.63) is 35.9 Å². The fourth-order valence-electron chi connectivity index (χ4n) is 4.02. The van der Waals surface area contributed by atoms with Crippen LogP contribution < -0.4 is 0 Å². The van der Waals surface area contributed by atoms with Gasteiger partial charge in [-0.05, 0) is 51.1 Å². The SMILES string of the molecule is C[C@@H](Cc1ccccc1)N(C)C[C@H]1C(=O)[C@H]2CC[C@@H]1C2. The monoisotopic (exact) mass is 271 g/mol. The first kappa shape index (κ1) is 13.8. The molecule has 2 saturated carbocycles. The molecule has 3 rings (SSSR count). The molecule has 0 heterocycles. The molecule has 2 fully saturated rings. The van der Waals surface area contributed by atoms with Crippen molar-refractivity contribution in [1.29, 1.82) is 0 Å². The predicted molar refractivity (Wildman–Crippen MR) is 81.6 cm³/mol. The Hall–Kier alpha value is -1.15. The van der Waals surface area contributed by atoms with E-state index in [4.69, 9.17) is 0 Å². The zero-order valence-corrected chi connectivity index (χ0v) is 12.6. The zero-order valence-electron chi connectivity index (χ0n) is 12.6. The molecule has 2 aliphatic rings. The van der Waals surface area contributed by atoms with Crippen LogP contribution in [-0.2, 0) is 11.2 Å². The van der Waals surface area contributed by atoms with Crippen molar-refractivity contribution in [3.63, 3.8) is 0 Å². The third kappa shape index (κ3) is 2.67. The van der Waals surface area contributed by atoms with Crippen molar-refractivity contribution in [2.24, 2.45) is 17.8 Å². The summed E-state index contributed by atoms with van der Waals surface area (Å²) in [6.45, 7) is 3.22. The molecule has 0 amide bonds. The molecule has 0 aliphatic heterocycles. The van der Waals surface area contributed by atoms with Crippen LogP contribution in [0.2, 0.25) is 0 Å². The summed E-state index contributed by atoms with van der Waals surface area (Å²) in [6.07, 6.45) is 4.67. The van der Waals surface area contributed by atoms with Crippen LogP contribution in [0.1, 0.15) is 31.7 Å². The third-order valence-corrected chi connectivity index (χ3v) is 5.42. The van der Waals surface area contributed by atoms with Crippen LogP contribution in [0.15, 0.2) is 30.3 Å². The quantitative estimate of drug-likeness (QED) is 0.820. The van der Waals surface area contributed by atoms with Gasteiger partial charge in [0.15, 0.2) is 0 Å². The Balaban J connectivity index is 1.56. The van der Waals surface area contributed by atoms with Crippen molar-refractivity contribution >= 4 is 5.78 Å². The van der Waals surface area contributed by atoms with Gasteiger partial charge in [-0.1, -0.05) is 30.3 Å². The lowest BCUT2D eigenvalue weighted by Crippen LogP contribution is -2.39. The Labute approximate surface area is 122 Å². The van der Waals surface area contributed by atoms with E-state index in [0.29, 0.717) is 29.6 Å². The lowest BCUT2D eigenvalue weighted by Gasteiger charge is -2.30. The number of fused-ring (bicyclic) bond motifs is 2. The molecule has 0 unspecified atom stereocenters. The minimum atomic E-state index is 0.317. The van der Waals surface area contributed by atoms with Gasteiger partial charge in [0.05, 0.1) is 0 Å². The van der Waals surface area contributed by atoms with Gasteiger partial charge in [0.1, 0.15) is 5.78 Å². The van der Waals surface area contributed by atoms with Crippen LogP contribution in [0.3, 0.4) is 0 Å². The fraction of sp³-hybridized carbons (Fsp3) is 0.611. The summed E-state index contributed by atoms with van der Waals surface area (Å²) in [4.78, 5) is 14.6. The largest absolute Gasteiger partial charge is 0.303 e. The molecule has 0 radical (unpaired) electrons. The van der Waals surface area contributed by atoms with Crippen molar-refractivity contribution in [1.82, 2.24) is 4.90 Å². The average molecular weight is 271 g/mol. The standard InChI is InChI=1S/C18H25NO/c1-13(10-14-6-4-3-5-7-14)19(2)12-17-15-8-9-16(11-15)18(17)20/h3-7,13,15-17H,8-12H2,1-2H3/t13-,15+,16-,17+/m0/s1. The number of rotatable bonds is 5. The van der Waals surface area contributed by atoms with Gasteiger partial charge in [-0.25, -0.2) is 0 Å². The molecule has 0 aromatic heterocycles. The zero-order chi connectivity index (χ0) is 14.1. The van der Waals surface area contributed by atoms with E-state index >= 15 is 0 Å². The molecule has 2 aliphatic carbocycles. The number of nitrogens with zero attached hydrogens (tertiary/aromatic N) is 1. The second-order valence-electron chi connectivity index (χ2n) is 6.76. The lowest BCUT2D eigenvalue weighted by molar-refractivity contribution is -0.126. The van der Waals surface area contributed by atoms with Gasteiger partial charge in [0.25, 0.3) is 0 Å². The molecule has 0 saturated heterocycles. The molecule has 0 spiro atoms. The molecule has 20 heavy (non-hydrogen) atoms. The highest BCUT2D eigenvalue weighted by atomic mass is 16.1. The molecule has 2 bridgehead atoms. The highest BCUT2D eigenvalue weighted by Gasteiger charge is 2.46. The van der Waals surface area contributed by atoms with E-state index in [1.807, 2.05) is 0 Å². The third-order valence-electron chi connectivity index (χ3n) is 5.42. The Bertz CT molecular complexity index is 470. The molecule has 0 N–H and O–H groups in total. The van der Waals surface area contributed by atoms with Crippen LogP contribution in [-0.4, -0.2) is 30.3 Å². The summed E-state index contributed by atoms with van der Waals surface area (Å²) >= 11 is 0. The molecule has 1 aromatic carbocycles. The van der Waals surface area contributed by atoms with Crippen molar-refractivity contribution in [2.45, 2.75) is 38.6 Å². The van der Waals surface area contributed by atoms with E-state index in [2.05, 4.69) is 49.2 Å². The van der Waals surface area contributed by atoms with E-state index in [9.17, 15) is 4.79 Å². The van der Waals surface area contributed by atoms with Crippen molar-refractivity contribution in [3.8, 4) is 0 Å². The van der Waals surface area contributed by atoms with Gasteiger partial charge in [-0.15, -0.1) is 0 Å². The van der Waals surface area contributed by atoms with Gasteiger partial charge in [-0.3, -0.25) is 4.79 Å². The van der Waals surface area contributed by atoms with E-state index in [-0.39, 0.29) is 0 Å². The van der Waals surface area contributed by atoms with Gasteiger partial charge in [0.2, 0.25) is 0 Å². The Morgan fingerprint density at radius 1 is 1.25 bits per heavy atom. The number of hydrogen-bond acceptors (Lipinski definition) is 2. The number of Topliss-reactive ketones (excluding diaryl/α,β-unsaturated/α-hetero) is 1. The van der Waals surface area contributed by atoms with Crippen LogP contribution in [0.5, 0.6) is 0 Å². The van der Waals surface area contributed by atoms with Crippen molar-refractivity contribution < 1.29 is 4.79 Å². The molecular weight excluding hydrogens is 246 g/mol. The minimum Gasteiger partial charge on any atom is -0.303 e. The number of hydrogen-bond donors (Lipinski definition) is 0. The van der Waals surface area contributed by atoms with Crippen LogP contribution in [0, 0.1) is 17.8 Å². The maximum Gasteiger partial charge on any atom is 0.140 e. The lowest BCUT2D eigenvalue weighted by atomic mass is 9.87. The number of ketones is 1. The van der Waals surface area contributed by atoms with Gasteiger partial charge >= 0.3 is 0 Å². The maximum atomic E-state index is 12.3. The second-order valence-corrected chi connectivity index (χ2v) is 6.76. The van der Waals surface area contributed by atoms with Gasteiger partial charge in [-0.2, -0.15) is 0 Å². The Morgan fingerprint density at radius 2 is 2.00 bits per heavy atom. The van der Waals surface area contributed by atoms with E-state index in [0.717, 1.165) is 19.4 Å². The second kappa shape index (κ2) is 5.69. The highest BCUT2D eigenvalue weighted by Crippen LogP contribution is 2.46. The van der Waals surface area contributed by atoms with Crippen LogP contribution in [0.4, 0.5) is 0 Å². The van der Waals surface area contributed by atoms with Crippen molar-refractivity contribution in [2.75, 3.05) is 13.6 Å². The molecular formula is C18H25NO. The minimum absolute atomic E-state index is 0.317. The van der Waals surface area contributed by atoms with E-state index in [1.54, 1.807) is 0 Å². The van der Waals surface area contributed by atoms with Gasteiger partial charge in [0, 0.05) is 24.4 Å². The molecule has 1 aromatic rings. The van der Waals surface area contributed by atoms with Gasteiger partial charge < -0.3 is 4.90 Å².